The van der Waals surface area contributed by atoms with Gasteiger partial charge in [-0.2, -0.15) is 0 Å². The van der Waals surface area contributed by atoms with E-state index in [0.717, 1.165) is 5.92 Å². The van der Waals surface area contributed by atoms with Crippen LogP contribution in [0, 0.1) is 23.3 Å². The van der Waals surface area contributed by atoms with Crippen LogP contribution in [0.25, 0.3) is 0 Å². The average molecular weight is 529 g/mol. The largest absolute Gasteiger partial charge is 3.00 e. The van der Waals surface area contributed by atoms with E-state index >= 15 is 0 Å². The van der Waals surface area contributed by atoms with Gasteiger partial charge in [0.15, 0.2) is 0 Å². The third kappa shape index (κ3) is 63.2. The fourth-order valence-electron chi connectivity index (χ4n) is 1.49. The van der Waals surface area contributed by atoms with Crippen LogP contribution in [0.4, 0.5) is 0 Å². The van der Waals surface area contributed by atoms with Gasteiger partial charge in [0, 0.05) is 5.92 Å². The minimum Gasteiger partial charge on any atom is -0.852 e. The molecule has 0 aromatic rings. The summed E-state index contributed by atoms with van der Waals surface area (Å²) < 4.78 is 18.9. The van der Waals surface area contributed by atoms with Crippen molar-refractivity contribution in [1.29, 1.82) is 0 Å². The van der Waals surface area contributed by atoms with Crippen molar-refractivity contribution in [2.24, 2.45) is 5.92 Å². The predicted molar refractivity (Wildman–Crippen MR) is 130 cm³/mol. The van der Waals surface area contributed by atoms with Gasteiger partial charge >= 0.3 is 21.7 Å². The van der Waals surface area contributed by atoms with Crippen LogP contribution in [0.3, 0.4) is 0 Å². The Bertz CT molecular complexity index is 464. The molecule has 0 atom stereocenters. The van der Waals surface area contributed by atoms with Crippen molar-refractivity contribution in [2.75, 3.05) is 13.2 Å². The van der Waals surface area contributed by atoms with Crippen LogP contribution in [0.1, 0.15) is 81.6 Å². The van der Waals surface area contributed by atoms with E-state index in [2.05, 4.69) is 60.9 Å². The molecule has 0 unspecified atom stereocenters. The Hall–Kier alpha value is 0.521. The summed E-state index contributed by atoms with van der Waals surface area (Å²) in [7, 11) is -5.11. The Morgan fingerprint density at radius 3 is 1.53 bits per heavy atom. The number of phosphoric ester groups is 1. The van der Waals surface area contributed by atoms with E-state index < -0.39 is 28.1 Å². The quantitative estimate of drug-likeness (QED) is 0.264. The SMILES string of the molecule is CC(C)[O-].CC(C)[O-].CCOP(=O)([O-])OCC.C[C](C#C[Si](C)(C)C)CCCC(C)C.[Ti+3]. The molecule has 6 nitrogen and oxygen atoms in total. The van der Waals surface area contributed by atoms with E-state index in [-0.39, 0.29) is 34.9 Å². The fourth-order valence-corrected chi connectivity index (χ4v) is 2.78. The van der Waals surface area contributed by atoms with Gasteiger partial charge in [0.2, 0.25) is 0 Å². The van der Waals surface area contributed by atoms with E-state index in [1.165, 1.54) is 25.2 Å². The van der Waals surface area contributed by atoms with Gasteiger partial charge in [-0.05, 0) is 33.1 Å². The summed E-state index contributed by atoms with van der Waals surface area (Å²) in [4.78, 5) is 10.4. The van der Waals surface area contributed by atoms with E-state index in [9.17, 15) is 19.7 Å². The summed E-state index contributed by atoms with van der Waals surface area (Å²) in [5.74, 6) is 5.52. The maximum absolute atomic E-state index is 10.4. The van der Waals surface area contributed by atoms with Crippen LogP contribution in [0.2, 0.25) is 19.6 Å². The van der Waals surface area contributed by atoms with E-state index in [4.69, 9.17) is 0 Å². The number of hydrogen-bond acceptors (Lipinski definition) is 6. The molecule has 32 heavy (non-hydrogen) atoms. The first-order chi connectivity index (χ1) is 13.9. The van der Waals surface area contributed by atoms with E-state index in [1.54, 1.807) is 41.5 Å². The van der Waals surface area contributed by atoms with Gasteiger partial charge in [-0.3, -0.25) is 4.57 Å². The van der Waals surface area contributed by atoms with Gasteiger partial charge in [-0.1, -0.05) is 74.0 Å². The molecule has 0 spiro atoms. The Morgan fingerprint density at radius 1 is 0.938 bits per heavy atom. The number of hydrogen-bond donors (Lipinski definition) is 0. The molecule has 0 aliphatic carbocycles. The zero-order chi connectivity index (χ0) is 25.7. The Morgan fingerprint density at radius 2 is 1.28 bits per heavy atom. The van der Waals surface area contributed by atoms with Crippen molar-refractivity contribution in [3.63, 3.8) is 0 Å². The van der Waals surface area contributed by atoms with Crippen molar-refractivity contribution in [1.82, 2.24) is 0 Å². The Kier molecular flexibility index (Phi) is 34.8. The van der Waals surface area contributed by atoms with Gasteiger partial charge in [0.1, 0.15) is 8.07 Å². The van der Waals surface area contributed by atoms with Crippen molar-refractivity contribution in [3.8, 4) is 11.5 Å². The summed E-state index contributed by atoms with van der Waals surface area (Å²) >= 11 is 0. The first-order valence-electron chi connectivity index (χ1n) is 11.2. The molecule has 0 amide bonds. The molecule has 0 rings (SSSR count). The van der Waals surface area contributed by atoms with Gasteiger partial charge in [0.05, 0.1) is 13.2 Å². The minimum atomic E-state index is -3.94. The molecule has 0 aromatic heterocycles. The predicted octanol–water partition coefficient (Wildman–Crippen LogP) is 4.32. The van der Waals surface area contributed by atoms with Gasteiger partial charge in [-0.25, -0.2) is 0 Å². The molecule has 2 radical (unpaired) electrons. The molecule has 0 aliphatic heterocycles. The second-order valence-corrected chi connectivity index (χ2v) is 15.1. The third-order valence-electron chi connectivity index (χ3n) is 2.56. The molecule has 0 bridgehead atoms. The Balaban J connectivity index is -0.000000116. The van der Waals surface area contributed by atoms with Crippen LogP contribution in [-0.2, 0) is 35.3 Å². The van der Waals surface area contributed by atoms with Crippen molar-refractivity contribution >= 4 is 15.9 Å². The summed E-state index contributed by atoms with van der Waals surface area (Å²) in [6.45, 7) is 23.5. The van der Waals surface area contributed by atoms with Crippen LogP contribution < -0.4 is 15.1 Å². The van der Waals surface area contributed by atoms with Gasteiger partial charge < -0.3 is 24.2 Å². The second kappa shape index (κ2) is 26.1. The number of rotatable bonds is 8. The van der Waals surface area contributed by atoms with Crippen LogP contribution in [0.5, 0.6) is 0 Å². The molecule has 0 saturated carbocycles. The maximum atomic E-state index is 10.4. The molecule has 0 saturated heterocycles. The molecule has 0 heterocycles. The van der Waals surface area contributed by atoms with Gasteiger partial charge in [-0.15, -0.1) is 23.7 Å². The van der Waals surface area contributed by atoms with Crippen LogP contribution in [-0.4, -0.2) is 33.5 Å². The Labute approximate surface area is 215 Å². The molecular formula is C23H49O6PSiTi. The first kappa shape index (κ1) is 42.7. The smallest absolute Gasteiger partial charge is 0.852 e. The molecule has 0 N–H and O–H groups in total. The molecule has 0 aliphatic rings. The molecule has 0 fully saturated rings. The first-order valence-corrected chi connectivity index (χ1v) is 16.1. The summed E-state index contributed by atoms with van der Waals surface area (Å²) in [6.07, 6.45) is 2.98. The summed E-state index contributed by atoms with van der Waals surface area (Å²) in [6, 6.07) is 0. The molecule has 0 aromatic carbocycles. The van der Waals surface area contributed by atoms with Crippen molar-refractivity contribution in [3.05, 3.63) is 5.92 Å². The van der Waals surface area contributed by atoms with Gasteiger partial charge in [0.25, 0.3) is 7.82 Å². The number of phosphoric acid groups is 1. The summed E-state index contributed by atoms with van der Waals surface area (Å²) in [5.41, 5.74) is 3.41. The van der Waals surface area contributed by atoms with Crippen LogP contribution in [0.15, 0.2) is 0 Å². The monoisotopic (exact) mass is 528 g/mol. The normalized spacial score (nSPS) is 10.7. The van der Waals surface area contributed by atoms with E-state index in [1.807, 2.05) is 0 Å². The molecule has 9 heteroatoms. The molecular weight excluding hydrogens is 479 g/mol. The minimum absolute atomic E-state index is 0. The standard InChI is InChI=1S/C13H25Si.C4H11O4P.2C3H7O.Ti/c1-12(2)8-7-9-13(3)10-11-14(4,5)6;1-3-7-9(5,6)8-4-2;2*1-3(2)4;/h12H,7-9H2,1-6H3;3-4H2,1-2H3,(H,5,6);2*3H,1-2H3;/q;;2*-1;+3/p-1. The summed E-state index contributed by atoms with van der Waals surface area (Å²) in [5, 5.41) is 19.1. The fraction of sp³-hybridized carbons (Fsp3) is 0.870. The molecule has 190 valence electrons. The topological polar surface area (TPSA) is 105 Å². The zero-order valence-electron chi connectivity index (χ0n) is 22.7. The van der Waals surface area contributed by atoms with Crippen molar-refractivity contribution in [2.45, 2.75) is 113 Å². The maximum Gasteiger partial charge on any atom is 3.00 e. The zero-order valence-corrected chi connectivity index (χ0v) is 26.1. The second-order valence-electron chi connectivity index (χ2n) is 8.95. The third-order valence-corrected chi connectivity index (χ3v) is 4.58. The van der Waals surface area contributed by atoms with Crippen LogP contribution >= 0.6 is 7.82 Å². The van der Waals surface area contributed by atoms with Crippen molar-refractivity contribution < 1.29 is 50.4 Å². The average Bonchev–Trinajstić information content (AvgIpc) is 2.51. The van der Waals surface area contributed by atoms with E-state index in [0.29, 0.717) is 0 Å².